The number of hydrogen-bond donors (Lipinski definition) is 2. The van der Waals surface area contributed by atoms with E-state index in [2.05, 4.69) is 15.4 Å². The van der Waals surface area contributed by atoms with E-state index >= 15 is 0 Å². The standard InChI is InChI=1S/C9H14N2O4/c1-2-15-9(14)8(13)10-5-6-3-4-7(12)11-6/h6H,2-5H2,1H3,(H,10,13)(H,11,12). The summed E-state index contributed by atoms with van der Waals surface area (Å²) in [7, 11) is 0. The molecule has 1 saturated heterocycles. The minimum Gasteiger partial charge on any atom is -0.459 e. The highest BCUT2D eigenvalue weighted by molar-refractivity contribution is 6.32. The van der Waals surface area contributed by atoms with Crippen LogP contribution in [0.15, 0.2) is 0 Å². The van der Waals surface area contributed by atoms with Gasteiger partial charge in [-0.1, -0.05) is 0 Å². The first-order chi connectivity index (χ1) is 7.13. The summed E-state index contributed by atoms with van der Waals surface area (Å²) in [6.45, 7) is 2.07. The Morgan fingerprint density at radius 1 is 1.60 bits per heavy atom. The summed E-state index contributed by atoms with van der Waals surface area (Å²) >= 11 is 0. The van der Waals surface area contributed by atoms with Gasteiger partial charge in [-0.3, -0.25) is 9.59 Å². The lowest BCUT2D eigenvalue weighted by Crippen LogP contribution is -2.41. The second-order valence-electron chi connectivity index (χ2n) is 3.23. The van der Waals surface area contributed by atoms with Crippen LogP contribution in [-0.4, -0.2) is 37.0 Å². The van der Waals surface area contributed by atoms with E-state index in [1.54, 1.807) is 6.92 Å². The Hall–Kier alpha value is -1.59. The van der Waals surface area contributed by atoms with Crippen LogP contribution in [0, 0.1) is 0 Å². The molecule has 0 aromatic heterocycles. The zero-order valence-electron chi connectivity index (χ0n) is 8.54. The Morgan fingerprint density at radius 2 is 2.33 bits per heavy atom. The van der Waals surface area contributed by atoms with Crippen molar-refractivity contribution in [2.75, 3.05) is 13.2 Å². The van der Waals surface area contributed by atoms with Gasteiger partial charge in [-0.05, 0) is 13.3 Å². The lowest BCUT2D eigenvalue weighted by Gasteiger charge is -2.10. The Kier molecular flexibility index (Phi) is 4.08. The highest BCUT2D eigenvalue weighted by Crippen LogP contribution is 2.04. The molecule has 0 radical (unpaired) electrons. The van der Waals surface area contributed by atoms with E-state index < -0.39 is 11.9 Å². The highest BCUT2D eigenvalue weighted by atomic mass is 16.5. The van der Waals surface area contributed by atoms with Crippen molar-refractivity contribution in [2.24, 2.45) is 0 Å². The molecule has 6 nitrogen and oxygen atoms in total. The number of ether oxygens (including phenoxy) is 1. The average molecular weight is 214 g/mol. The van der Waals surface area contributed by atoms with Crippen molar-refractivity contribution in [1.29, 1.82) is 0 Å². The third kappa shape index (κ3) is 3.57. The van der Waals surface area contributed by atoms with Gasteiger partial charge in [0.1, 0.15) is 0 Å². The zero-order chi connectivity index (χ0) is 11.3. The van der Waals surface area contributed by atoms with E-state index in [0.29, 0.717) is 12.8 Å². The Bertz CT molecular complexity index is 277. The number of nitrogens with one attached hydrogen (secondary N) is 2. The van der Waals surface area contributed by atoms with Gasteiger partial charge in [0.25, 0.3) is 0 Å². The zero-order valence-corrected chi connectivity index (χ0v) is 8.54. The molecule has 1 unspecified atom stereocenters. The van der Waals surface area contributed by atoms with Gasteiger partial charge >= 0.3 is 11.9 Å². The molecule has 1 aliphatic heterocycles. The summed E-state index contributed by atoms with van der Waals surface area (Å²) in [5.41, 5.74) is 0. The third-order valence-corrected chi connectivity index (χ3v) is 2.05. The van der Waals surface area contributed by atoms with Crippen LogP contribution in [0.3, 0.4) is 0 Å². The molecule has 1 rings (SSSR count). The lowest BCUT2D eigenvalue weighted by molar-refractivity contribution is -0.154. The van der Waals surface area contributed by atoms with Crippen molar-refractivity contribution in [3.05, 3.63) is 0 Å². The maximum absolute atomic E-state index is 11.1. The van der Waals surface area contributed by atoms with Gasteiger partial charge in [-0.25, -0.2) is 4.79 Å². The van der Waals surface area contributed by atoms with Crippen LogP contribution < -0.4 is 10.6 Å². The van der Waals surface area contributed by atoms with E-state index in [1.807, 2.05) is 0 Å². The maximum atomic E-state index is 11.1. The molecule has 15 heavy (non-hydrogen) atoms. The first-order valence-corrected chi connectivity index (χ1v) is 4.87. The fourth-order valence-corrected chi connectivity index (χ4v) is 1.32. The van der Waals surface area contributed by atoms with Crippen LogP contribution in [0.4, 0.5) is 0 Å². The van der Waals surface area contributed by atoms with Crippen molar-refractivity contribution >= 4 is 17.8 Å². The van der Waals surface area contributed by atoms with Gasteiger partial charge in [-0.15, -0.1) is 0 Å². The predicted octanol–water partition coefficient (Wildman–Crippen LogP) is -1.06. The van der Waals surface area contributed by atoms with E-state index in [-0.39, 0.29) is 25.1 Å². The number of carbonyl (C=O) groups excluding carboxylic acids is 3. The number of rotatable bonds is 3. The van der Waals surface area contributed by atoms with E-state index in [4.69, 9.17) is 0 Å². The molecule has 1 aliphatic rings. The molecule has 1 atom stereocenters. The van der Waals surface area contributed by atoms with E-state index in [0.717, 1.165) is 0 Å². The monoisotopic (exact) mass is 214 g/mol. The molecule has 0 aromatic carbocycles. The van der Waals surface area contributed by atoms with Crippen molar-refractivity contribution in [1.82, 2.24) is 10.6 Å². The van der Waals surface area contributed by atoms with Crippen LogP contribution in [0.5, 0.6) is 0 Å². The molecule has 2 N–H and O–H groups in total. The molecule has 0 spiro atoms. The molecule has 0 aromatic rings. The number of esters is 1. The second-order valence-corrected chi connectivity index (χ2v) is 3.23. The topological polar surface area (TPSA) is 84.5 Å². The van der Waals surface area contributed by atoms with E-state index in [9.17, 15) is 14.4 Å². The largest absolute Gasteiger partial charge is 0.459 e. The molecule has 6 heteroatoms. The van der Waals surface area contributed by atoms with Crippen molar-refractivity contribution < 1.29 is 19.1 Å². The summed E-state index contributed by atoms with van der Waals surface area (Å²) in [5, 5.41) is 5.08. The highest BCUT2D eigenvalue weighted by Gasteiger charge is 2.22. The molecular weight excluding hydrogens is 200 g/mol. The minimum absolute atomic E-state index is 0.0228. The predicted molar refractivity (Wildman–Crippen MR) is 50.8 cm³/mol. The first kappa shape index (κ1) is 11.5. The fraction of sp³-hybridized carbons (Fsp3) is 0.667. The number of carbonyl (C=O) groups is 3. The van der Waals surface area contributed by atoms with Gasteiger partial charge in [0.15, 0.2) is 0 Å². The first-order valence-electron chi connectivity index (χ1n) is 4.87. The SMILES string of the molecule is CCOC(=O)C(=O)NCC1CCC(=O)N1. The summed E-state index contributed by atoms with van der Waals surface area (Å²) in [5.74, 6) is -1.68. The summed E-state index contributed by atoms with van der Waals surface area (Å²) in [4.78, 5) is 32.8. The van der Waals surface area contributed by atoms with Crippen molar-refractivity contribution in [2.45, 2.75) is 25.8 Å². The second kappa shape index (κ2) is 5.33. The summed E-state index contributed by atoms with van der Waals surface area (Å²) in [6, 6.07) is -0.0733. The molecule has 0 saturated carbocycles. The van der Waals surface area contributed by atoms with Crippen LogP contribution in [-0.2, 0) is 19.1 Å². The van der Waals surface area contributed by atoms with Gasteiger partial charge in [0.2, 0.25) is 5.91 Å². The quantitative estimate of drug-likeness (QED) is 0.463. The van der Waals surface area contributed by atoms with Gasteiger partial charge in [0, 0.05) is 19.0 Å². The lowest BCUT2D eigenvalue weighted by atomic mass is 10.2. The third-order valence-electron chi connectivity index (χ3n) is 2.05. The minimum atomic E-state index is -0.887. The summed E-state index contributed by atoms with van der Waals surface area (Å²) in [6.07, 6.45) is 1.15. The van der Waals surface area contributed by atoms with Gasteiger partial charge in [-0.2, -0.15) is 0 Å². The molecule has 0 aliphatic carbocycles. The molecular formula is C9H14N2O4. The summed E-state index contributed by atoms with van der Waals surface area (Å²) < 4.78 is 4.50. The molecule has 1 heterocycles. The van der Waals surface area contributed by atoms with Gasteiger partial charge in [0.05, 0.1) is 6.61 Å². The molecule has 2 amide bonds. The number of amides is 2. The Labute approximate surface area is 87.4 Å². The van der Waals surface area contributed by atoms with Crippen molar-refractivity contribution in [3.8, 4) is 0 Å². The smallest absolute Gasteiger partial charge is 0.396 e. The fourth-order valence-electron chi connectivity index (χ4n) is 1.32. The van der Waals surface area contributed by atoms with Crippen LogP contribution in [0.2, 0.25) is 0 Å². The van der Waals surface area contributed by atoms with Crippen LogP contribution >= 0.6 is 0 Å². The average Bonchev–Trinajstić information content (AvgIpc) is 2.61. The molecule has 1 fully saturated rings. The van der Waals surface area contributed by atoms with Gasteiger partial charge < -0.3 is 15.4 Å². The maximum Gasteiger partial charge on any atom is 0.396 e. The number of hydrogen-bond acceptors (Lipinski definition) is 4. The normalized spacial score (nSPS) is 19.5. The molecule has 0 bridgehead atoms. The van der Waals surface area contributed by atoms with Crippen molar-refractivity contribution in [3.63, 3.8) is 0 Å². The van der Waals surface area contributed by atoms with E-state index in [1.165, 1.54) is 0 Å². The van der Waals surface area contributed by atoms with Crippen LogP contribution in [0.25, 0.3) is 0 Å². The van der Waals surface area contributed by atoms with Crippen LogP contribution in [0.1, 0.15) is 19.8 Å². The molecule has 84 valence electrons. The Balaban J connectivity index is 2.22. The Morgan fingerprint density at radius 3 is 2.87 bits per heavy atom.